The van der Waals surface area contributed by atoms with E-state index in [9.17, 15) is 15.0 Å². The van der Waals surface area contributed by atoms with Crippen molar-refractivity contribution in [2.45, 2.75) is 57.0 Å². The molecule has 16 heavy (non-hydrogen) atoms. The highest BCUT2D eigenvalue weighted by atomic mass is 16.6. The molecule has 5 heteroatoms. The molecule has 5 nitrogen and oxygen atoms in total. The first kappa shape index (κ1) is 13.4. The van der Waals surface area contributed by atoms with Crippen LogP contribution >= 0.6 is 0 Å². The fourth-order valence-electron chi connectivity index (χ4n) is 1.92. The summed E-state index contributed by atoms with van der Waals surface area (Å²) in [5, 5.41) is 19.6. The molecule has 1 saturated heterocycles. The molecule has 1 aliphatic rings. The summed E-state index contributed by atoms with van der Waals surface area (Å²) in [5.74, 6) is -0.709. The normalized spacial score (nSPS) is 32.5. The average Bonchev–Trinajstić information content (AvgIpc) is 2.59. The van der Waals surface area contributed by atoms with Crippen LogP contribution in [0.15, 0.2) is 0 Å². The lowest BCUT2D eigenvalue weighted by Gasteiger charge is -2.32. The van der Waals surface area contributed by atoms with Gasteiger partial charge in [0.05, 0.1) is 18.8 Å². The van der Waals surface area contributed by atoms with E-state index in [1.807, 2.05) is 0 Å². The van der Waals surface area contributed by atoms with Crippen molar-refractivity contribution in [3.8, 4) is 0 Å². The van der Waals surface area contributed by atoms with Gasteiger partial charge in [0.25, 0.3) is 0 Å². The second kappa shape index (κ2) is 4.31. The van der Waals surface area contributed by atoms with E-state index in [0.29, 0.717) is 12.8 Å². The van der Waals surface area contributed by atoms with Crippen LogP contribution in [0.1, 0.15) is 33.6 Å². The molecule has 2 N–H and O–H groups in total. The van der Waals surface area contributed by atoms with E-state index in [1.54, 1.807) is 20.8 Å². The number of aliphatic hydroxyl groups is 2. The van der Waals surface area contributed by atoms with Crippen LogP contribution in [0.2, 0.25) is 0 Å². The van der Waals surface area contributed by atoms with Gasteiger partial charge in [-0.25, -0.2) is 4.79 Å². The van der Waals surface area contributed by atoms with E-state index in [0.717, 1.165) is 0 Å². The zero-order valence-electron chi connectivity index (χ0n) is 10.2. The molecule has 0 unspecified atom stereocenters. The Labute approximate surface area is 95.4 Å². The number of carbonyl (C=O) groups excluding carboxylic acids is 1. The Hall–Kier alpha value is -0.650. The maximum Gasteiger partial charge on any atom is 0.337 e. The van der Waals surface area contributed by atoms with Crippen LogP contribution < -0.4 is 0 Å². The van der Waals surface area contributed by atoms with Crippen molar-refractivity contribution in [3.05, 3.63) is 0 Å². The molecule has 0 aliphatic carbocycles. The van der Waals surface area contributed by atoms with E-state index in [4.69, 9.17) is 4.74 Å². The first-order valence-electron chi connectivity index (χ1n) is 5.37. The van der Waals surface area contributed by atoms with Crippen LogP contribution in [-0.2, 0) is 14.3 Å². The number of esters is 1. The quantitative estimate of drug-likeness (QED) is 0.681. The highest BCUT2D eigenvalue weighted by Crippen LogP contribution is 2.37. The molecule has 1 aliphatic heterocycles. The predicted octanol–water partition coefficient (Wildman–Crippen LogP) is 0.229. The molecule has 0 aromatic heterocycles. The van der Waals surface area contributed by atoms with Crippen molar-refractivity contribution >= 4 is 5.97 Å². The van der Waals surface area contributed by atoms with Gasteiger partial charge in [0.15, 0.2) is 6.10 Å². The lowest BCUT2D eigenvalue weighted by atomic mass is 9.93. The van der Waals surface area contributed by atoms with Crippen LogP contribution in [0.25, 0.3) is 0 Å². The van der Waals surface area contributed by atoms with E-state index in [2.05, 4.69) is 4.74 Å². The van der Waals surface area contributed by atoms with Gasteiger partial charge in [0.2, 0.25) is 0 Å². The summed E-state index contributed by atoms with van der Waals surface area (Å²) in [6.07, 6.45) is -0.576. The standard InChI is InChI=1S/C11H20O5/c1-10(2,14)7-5-6-11(3,16-7)8(12)9(13)15-4/h7-8,12,14H,5-6H2,1-4H3/t7-,8-,11+/m0/s1. The van der Waals surface area contributed by atoms with E-state index in [-0.39, 0.29) is 6.10 Å². The van der Waals surface area contributed by atoms with Gasteiger partial charge in [-0.2, -0.15) is 0 Å². The van der Waals surface area contributed by atoms with Gasteiger partial charge < -0.3 is 19.7 Å². The number of aliphatic hydroxyl groups excluding tert-OH is 1. The molecule has 0 aromatic rings. The number of hydrogen-bond donors (Lipinski definition) is 2. The smallest absolute Gasteiger partial charge is 0.337 e. The monoisotopic (exact) mass is 232 g/mol. The Balaban J connectivity index is 2.72. The summed E-state index contributed by atoms with van der Waals surface area (Å²) in [5.41, 5.74) is -1.95. The summed E-state index contributed by atoms with van der Waals surface area (Å²) in [4.78, 5) is 11.2. The third kappa shape index (κ3) is 2.53. The van der Waals surface area contributed by atoms with Crippen LogP contribution in [0.5, 0.6) is 0 Å². The highest BCUT2D eigenvalue weighted by molar-refractivity contribution is 5.75. The molecule has 0 spiro atoms. The second-order valence-electron chi connectivity index (χ2n) is 5.04. The van der Waals surface area contributed by atoms with Gasteiger partial charge in [-0.15, -0.1) is 0 Å². The van der Waals surface area contributed by atoms with E-state index in [1.165, 1.54) is 7.11 Å². The van der Waals surface area contributed by atoms with E-state index < -0.39 is 23.3 Å². The summed E-state index contributed by atoms with van der Waals surface area (Å²) in [6, 6.07) is 0. The Bertz CT molecular complexity index is 270. The molecule has 3 atom stereocenters. The van der Waals surface area contributed by atoms with Crippen molar-refractivity contribution in [2.24, 2.45) is 0 Å². The lowest BCUT2D eigenvalue weighted by Crippen LogP contribution is -2.47. The fourth-order valence-corrected chi connectivity index (χ4v) is 1.92. The molecule has 1 heterocycles. The molecule has 1 rings (SSSR count). The first-order valence-corrected chi connectivity index (χ1v) is 5.37. The van der Waals surface area contributed by atoms with Crippen molar-refractivity contribution in [2.75, 3.05) is 7.11 Å². The molecule has 0 saturated carbocycles. The maximum absolute atomic E-state index is 11.2. The minimum absolute atomic E-state index is 0.378. The van der Waals surface area contributed by atoms with Crippen molar-refractivity contribution in [1.29, 1.82) is 0 Å². The molecular formula is C11H20O5. The van der Waals surface area contributed by atoms with Gasteiger partial charge >= 0.3 is 5.97 Å². The van der Waals surface area contributed by atoms with Crippen LogP contribution in [0.4, 0.5) is 0 Å². The number of carbonyl (C=O) groups is 1. The molecular weight excluding hydrogens is 212 g/mol. The molecule has 1 fully saturated rings. The molecule has 94 valence electrons. The molecule has 0 aromatic carbocycles. The van der Waals surface area contributed by atoms with Gasteiger partial charge in [-0.05, 0) is 33.6 Å². The Morgan fingerprint density at radius 2 is 2.19 bits per heavy atom. The summed E-state index contributed by atoms with van der Waals surface area (Å²) < 4.78 is 10.1. The van der Waals surface area contributed by atoms with Crippen molar-refractivity contribution < 1.29 is 24.5 Å². The Morgan fingerprint density at radius 3 is 2.56 bits per heavy atom. The summed E-state index contributed by atoms with van der Waals surface area (Å²) in [6.45, 7) is 4.95. The zero-order chi connectivity index (χ0) is 12.6. The SMILES string of the molecule is COC(=O)[C@H](O)[C@@]1(C)CC[C@@H](C(C)(C)O)O1. The Kier molecular flexibility index (Phi) is 3.62. The maximum atomic E-state index is 11.2. The number of ether oxygens (including phenoxy) is 2. The second-order valence-corrected chi connectivity index (χ2v) is 5.04. The number of rotatable bonds is 3. The number of methoxy groups -OCH3 is 1. The van der Waals surface area contributed by atoms with Crippen LogP contribution in [0, 0.1) is 0 Å². The molecule has 0 radical (unpaired) electrons. The third-order valence-electron chi connectivity index (χ3n) is 3.11. The molecule has 0 amide bonds. The Morgan fingerprint density at radius 1 is 1.62 bits per heavy atom. The van der Waals surface area contributed by atoms with Gasteiger partial charge in [0, 0.05) is 0 Å². The first-order chi connectivity index (χ1) is 7.20. The third-order valence-corrected chi connectivity index (χ3v) is 3.11. The van der Waals surface area contributed by atoms with Crippen LogP contribution in [0.3, 0.4) is 0 Å². The highest BCUT2D eigenvalue weighted by Gasteiger charge is 2.49. The van der Waals surface area contributed by atoms with Gasteiger partial charge in [-0.1, -0.05) is 0 Å². The zero-order valence-corrected chi connectivity index (χ0v) is 10.2. The minimum Gasteiger partial charge on any atom is -0.467 e. The van der Waals surface area contributed by atoms with Crippen molar-refractivity contribution in [1.82, 2.24) is 0 Å². The average molecular weight is 232 g/mol. The molecule has 0 bridgehead atoms. The van der Waals surface area contributed by atoms with Gasteiger partial charge in [-0.3, -0.25) is 0 Å². The van der Waals surface area contributed by atoms with Gasteiger partial charge in [0.1, 0.15) is 5.60 Å². The summed E-state index contributed by atoms with van der Waals surface area (Å²) >= 11 is 0. The lowest BCUT2D eigenvalue weighted by molar-refractivity contribution is -0.181. The topological polar surface area (TPSA) is 76.0 Å². The fraction of sp³-hybridized carbons (Fsp3) is 0.909. The number of hydrogen-bond acceptors (Lipinski definition) is 5. The largest absolute Gasteiger partial charge is 0.467 e. The minimum atomic E-state index is -1.31. The van der Waals surface area contributed by atoms with E-state index >= 15 is 0 Å². The predicted molar refractivity (Wildman–Crippen MR) is 56.8 cm³/mol. The summed E-state index contributed by atoms with van der Waals surface area (Å²) in [7, 11) is 1.22. The van der Waals surface area contributed by atoms with Crippen LogP contribution in [-0.4, -0.2) is 46.7 Å². The van der Waals surface area contributed by atoms with Crippen molar-refractivity contribution in [3.63, 3.8) is 0 Å².